The van der Waals surface area contributed by atoms with E-state index in [1.165, 1.54) is 71.6 Å². The van der Waals surface area contributed by atoms with E-state index in [9.17, 15) is 13.2 Å². The van der Waals surface area contributed by atoms with E-state index in [0.717, 1.165) is 25.7 Å². The lowest BCUT2D eigenvalue weighted by Crippen LogP contribution is -2.30. The first-order chi connectivity index (χ1) is 13.2. The van der Waals surface area contributed by atoms with E-state index in [1.807, 2.05) is 0 Å². The van der Waals surface area contributed by atoms with Gasteiger partial charge in [-0.1, -0.05) is 70.4 Å². The minimum atomic E-state index is -4.54. The Bertz CT molecular complexity index is 523. The normalized spacial score (nSPS) is 12.7. The molecule has 0 saturated heterocycles. The Balaban J connectivity index is 3.52. The van der Waals surface area contributed by atoms with Crippen molar-refractivity contribution in [2.45, 2.75) is 123 Å². The highest BCUT2D eigenvalue weighted by molar-refractivity contribution is 7.80. The molecule has 0 aliphatic heterocycles. The lowest BCUT2D eigenvalue weighted by atomic mass is 9.98. The molecule has 0 amide bonds. The van der Waals surface area contributed by atoms with Gasteiger partial charge in [0, 0.05) is 12.8 Å². The smallest absolute Gasteiger partial charge is 0.300 e. The second kappa shape index (κ2) is 16.1. The van der Waals surface area contributed by atoms with E-state index in [1.54, 1.807) is 0 Å². The molecule has 5 nitrogen and oxygen atoms in total. The highest BCUT2D eigenvalue weighted by atomic mass is 32.3. The van der Waals surface area contributed by atoms with Gasteiger partial charge in [0.1, 0.15) is 5.78 Å². The number of unbranched alkanes of at least 4 members (excludes halogenated alkanes) is 11. The maximum absolute atomic E-state index is 11.9. The molecule has 1 N–H and O–H groups in total. The lowest BCUT2D eigenvalue weighted by molar-refractivity contribution is -0.122. The van der Waals surface area contributed by atoms with Gasteiger partial charge in [0.25, 0.3) is 0 Å². The molecule has 0 fully saturated rings. The van der Waals surface area contributed by atoms with E-state index >= 15 is 0 Å². The van der Waals surface area contributed by atoms with Gasteiger partial charge in [-0.3, -0.25) is 9.35 Å². The van der Waals surface area contributed by atoms with Crippen molar-refractivity contribution in [1.29, 1.82) is 0 Å². The van der Waals surface area contributed by atoms with Crippen LogP contribution in [0.3, 0.4) is 0 Å². The number of carbonyl (C=O) groups excluding carboxylic acids is 1. The van der Waals surface area contributed by atoms with Gasteiger partial charge >= 0.3 is 10.4 Å². The highest BCUT2D eigenvalue weighted by Gasteiger charge is 2.28. The Morgan fingerprint density at radius 2 is 1.32 bits per heavy atom. The summed E-state index contributed by atoms with van der Waals surface area (Å²) in [4.78, 5) is 11.9. The number of hydrogen-bond donors (Lipinski definition) is 1. The fraction of sp³-hybridized carbons (Fsp3) is 0.864. The summed E-state index contributed by atoms with van der Waals surface area (Å²) in [6.07, 6.45) is 20.7. The molecule has 0 aromatic heterocycles. The van der Waals surface area contributed by atoms with Gasteiger partial charge in [0.05, 0.1) is 5.60 Å². The molecule has 0 bridgehead atoms. The van der Waals surface area contributed by atoms with Gasteiger partial charge in [-0.2, -0.15) is 8.42 Å². The maximum atomic E-state index is 11.9. The third kappa shape index (κ3) is 20.0. The molecule has 0 saturated carbocycles. The Labute approximate surface area is 173 Å². The molecule has 0 aliphatic carbocycles. The van der Waals surface area contributed by atoms with E-state index in [2.05, 4.69) is 23.3 Å². The Kier molecular flexibility index (Phi) is 15.7. The summed E-state index contributed by atoms with van der Waals surface area (Å²) in [7, 11) is -4.54. The molecule has 0 radical (unpaired) electrons. The average molecular weight is 419 g/mol. The van der Waals surface area contributed by atoms with E-state index < -0.39 is 16.0 Å². The van der Waals surface area contributed by atoms with Crippen LogP contribution in [0, 0.1) is 0 Å². The number of hydrogen-bond acceptors (Lipinski definition) is 4. The number of ketones is 1. The molecule has 0 rings (SSSR count). The van der Waals surface area contributed by atoms with Gasteiger partial charge in [-0.15, -0.1) is 0 Å². The van der Waals surface area contributed by atoms with Gasteiger partial charge in [0.15, 0.2) is 0 Å². The maximum Gasteiger partial charge on any atom is 0.397 e. The summed E-state index contributed by atoms with van der Waals surface area (Å²) in [5.74, 6) is -0.0359. The fourth-order valence-electron chi connectivity index (χ4n) is 3.27. The van der Waals surface area contributed by atoms with Gasteiger partial charge in [-0.05, 0) is 46.0 Å². The third-order valence-electron chi connectivity index (χ3n) is 4.67. The summed E-state index contributed by atoms with van der Waals surface area (Å²) < 4.78 is 34.7. The van der Waals surface area contributed by atoms with Gasteiger partial charge < -0.3 is 0 Å². The van der Waals surface area contributed by atoms with Gasteiger partial charge in [0.2, 0.25) is 0 Å². The van der Waals surface area contributed by atoms with Crippen molar-refractivity contribution < 1.29 is 21.9 Å². The highest BCUT2D eigenvalue weighted by Crippen LogP contribution is 2.19. The lowest BCUT2D eigenvalue weighted by Gasteiger charge is -2.21. The van der Waals surface area contributed by atoms with E-state index in [4.69, 9.17) is 4.55 Å². The summed E-state index contributed by atoms with van der Waals surface area (Å²) in [6.45, 7) is 5.22. The minimum Gasteiger partial charge on any atom is -0.300 e. The van der Waals surface area contributed by atoms with Crippen LogP contribution in [0.4, 0.5) is 0 Å². The summed E-state index contributed by atoms with van der Waals surface area (Å²) in [6, 6.07) is 0. The zero-order valence-corrected chi connectivity index (χ0v) is 19.1. The minimum absolute atomic E-state index is 0.0177. The van der Waals surface area contributed by atoms with Crippen LogP contribution in [0.15, 0.2) is 12.2 Å². The molecule has 0 atom stereocenters. The van der Waals surface area contributed by atoms with Crippen molar-refractivity contribution in [2.24, 2.45) is 0 Å². The number of allylic oxidation sites excluding steroid dienone is 2. The van der Waals surface area contributed by atoms with Crippen molar-refractivity contribution in [2.75, 3.05) is 0 Å². The van der Waals surface area contributed by atoms with E-state index in [0.29, 0.717) is 6.42 Å². The van der Waals surface area contributed by atoms with Crippen molar-refractivity contribution in [1.82, 2.24) is 0 Å². The second-order valence-corrected chi connectivity index (χ2v) is 9.34. The largest absolute Gasteiger partial charge is 0.397 e. The Hall–Kier alpha value is -0.720. The van der Waals surface area contributed by atoms with Crippen LogP contribution in [0.5, 0.6) is 0 Å². The van der Waals surface area contributed by atoms with Crippen LogP contribution >= 0.6 is 0 Å². The molecule has 6 heteroatoms. The van der Waals surface area contributed by atoms with Crippen LogP contribution < -0.4 is 0 Å². The van der Waals surface area contributed by atoms with Crippen molar-refractivity contribution in [3.8, 4) is 0 Å². The summed E-state index contributed by atoms with van der Waals surface area (Å²) >= 11 is 0. The standard InChI is InChI=1S/C22H42O5S/c1-4-5-6-7-8-9-10-11-12-13-14-15-16-17-18-19-21(23)20-22(2,3)27-28(24,25)26/h11-12H,4-10,13-20H2,1-3H3,(H,24,25,26)/b12-11-. The predicted molar refractivity (Wildman–Crippen MR) is 116 cm³/mol. The average Bonchev–Trinajstić information content (AvgIpc) is 2.55. The topological polar surface area (TPSA) is 80.7 Å². The summed E-state index contributed by atoms with van der Waals surface area (Å²) in [5, 5.41) is 0. The molecule has 0 aromatic rings. The van der Waals surface area contributed by atoms with Gasteiger partial charge in [-0.25, -0.2) is 4.18 Å². The predicted octanol–water partition coefficient (Wildman–Crippen LogP) is 6.58. The Morgan fingerprint density at radius 3 is 1.82 bits per heavy atom. The first-order valence-corrected chi connectivity index (χ1v) is 12.4. The SMILES string of the molecule is CCCCCCCC/C=C\CCCCCCCC(=O)CC(C)(C)OS(=O)(=O)O. The van der Waals surface area contributed by atoms with Crippen LogP contribution in [0.1, 0.15) is 117 Å². The number of Topliss-reactive ketones (excluding diaryl/α,β-unsaturated/α-hetero) is 1. The molecule has 0 spiro atoms. The van der Waals surface area contributed by atoms with E-state index in [-0.39, 0.29) is 12.2 Å². The van der Waals surface area contributed by atoms with Crippen LogP contribution in [-0.2, 0) is 19.4 Å². The van der Waals surface area contributed by atoms with Crippen LogP contribution in [0.2, 0.25) is 0 Å². The van der Waals surface area contributed by atoms with Crippen LogP contribution in [-0.4, -0.2) is 24.4 Å². The zero-order valence-electron chi connectivity index (χ0n) is 18.2. The van der Waals surface area contributed by atoms with Crippen molar-refractivity contribution in [3.05, 3.63) is 12.2 Å². The fourth-order valence-corrected chi connectivity index (χ4v) is 3.90. The van der Waals surface area contributed by atoms with Crippen LogP contribution in [0.25, 0.3) is 0 Å². The summed E-state index contributed by atoms with van der Waals surface area (Å²) in [5.41, 5.74) is -1.20. The zero-order chi connectivity index (χ0) is 21.3. The first-order valence-electron chi connectivity index (χ1n) is 11.0. The number of rotatable bonds is 19. The molecule has 28 heavy (non-hydrogen) atoms. The monoisotopic (exact) mass is 418 g/mol. The Morgan fingerprint density at radius 1 is 0.857 bits per heavy atom. The number of carbonyl (C=O) groups is 1. The molecular formula is C22H42O5S. The molecular weight excluding hydrogens is 376 g/mol. The first kappa shape index (κ1) is 27.3. The third-order valence-corrected chi connectivity index (χ3v) is 5.33. The molecule has 0 aliphatic rings. The second-order valence-electron chi connectivity index (χ2n) is 8.32. The van der Waals surface area contributed by atoms with Crippen molar-refractivity contribution in [3.63, 3.8) is 0 Å². The quantitative estimate of drug-likeness (QED) is 0.145. The van der Waals surface area contributed by atoms with Crippen molar-refractivity contribution >= 4 is 16.2 Å². The molecule has 0 unspecified atom stereocenters. The molecule has 166 valence electrons. The molecule has 0 aromatic carbocycles. The molecule has 0 heterocycles.